The topological polar surface area (TPSA) is 24.9 Å². The van der Waals surface area contributed by atoms with Crippen LogP contribution in [0, 0.1) is 0 Å². The molecule has 0 saturated carbocycles. The molecule has 2 nitrogen and oxygen atoms in total. The van der Waals surface area contributed by atoms with Crippen LogP contribution >= 0.6 is 11.3 Å². The molecule has 2 aromatic rings. The van der Waals surface area contributed by atoms with E-state index < -0.39 is 0 Å². The molecule has 0 aliphatic heterocycles. The zero-order valence-corrected chi connectivity index (χ0v) is 11.5. The van der Waals surface area contributed by atoms with Gasteiger partial charge < -0.3 is 5.32 Å². The van der Waals surface area contributed by atoms with Crippen molar-refractivity contribution in [2.75, 3.05) is 5.32 Å². The van der Waals surface area contributed by atoms with Crippen LogP contribution in [0.5, 0.6) is 0 Å². The fourth-order valence-electron chi connectivity index (χ4n) is 2.66. The first-order valence-corrected chi connectivity index (χ1v) is 7.48. The molecule has 1 unspecified atom stereocenters. The van der Waals surface area contributed by atoms with Crippen molar-refractivity contribution in [3.8, 4) is 0 Å². The van der Waals surface area contributed by atoms with E-state index in [1.165, 1.54) is 47.4 Å². The molecule has 1 aliphatic rings. The highest BCUT2D eigenvalue weighted by molar-refractivity contribution is 7.09. The van der Waals surface area contributed by atoms with E-state index in [4.69, 9.17) is 0 Å². The molecule has 1 N–H and O–H groups in total. The molecule has 94 valence electrons. The first-order chi connectivity index (χ1) is 8.84. The van der Waals surface area contributed by atoms with E-state index in [0.29, 0.717) is 6.04 Å². The van der Waals surface area contributed by atoms with Gasteiger partial charge in [-0.2, -0.15) is 0 Å². The summed E-state index contributed by atoms with van der Waals surface area (Å²) < 4.78 is 0. The third kappa shape index (κ3) is 2.27. The summed E-state index contributed by atoms with van der Waals surface area (Å²) in [6.45, 7) is 2.20. The van der Waals surface area contributed by atoms with Gasteiger partial charge in [-0.15, -0.1) is 11.3 Å². The van der Waals surface area contributed by atoms with Crippen LogP contribution in [-0.4, -0.2) is 4.98 Å². The van der Waals surface area contributed by atoms with Crippen molar-refractivity contribution in [1.82, 2.24) is 4.98 Å². The fourth-order valence-corrected chi connectivity index (χ4v) is 3.29. The molecule has 0 radical (unpaired) electrons. The molecule has 1 aromatic carbocycles. The minimum absolute atomic E-state index is 0.339. The van der Waals surface area contributed by atoms with Crippen LogP contribution in [0.1, 0.15) is 41.8 Å². The summed E-state index contributed by atoms with van der Waals surface area (Å²) in [5.41, 5.74) is 6.27. The Bertz CT molecular complexity index is 519. The van der Waals surface area contributed by atoms with Gasteiger partial charge in [-0.3, -0.25) is 4.98 Å². The summed E-state index contributed by atoms with van der Waals surface area (Å²) in [6, 6.07) is 7.00. The Kier molecular flexibility index (Phi) is 3.33. The lowest BCUT2D eigenvalue weighted by atomic mass is 9.90. The molecule has 3 heteroatoms. The molecule has 3 rings (SSSR count). The maximum atomic E-state index is 4.15. The summed E-state index contributed by atoms with van der Waals surface area (Å²) in [5.74, 6) is 0. The van der Waals surface area contributed by atoms with Crippen molar-refractivity contribution in [2.24, 2.45) is 0 Å². The van der Waals surface area contributed by atoms with E-state index in [-0.39, 0.29) is 0 Å². The van der Waals surface area contributed by atoms with E-state index in [2.05, 4.69) is 35.4 Å². The van der Waals surface area contributed by atoms with Crippen molar-refractivity contribution >= 4 is 17.0 Å². The van der Waals surface area contributed by atoms with Crippen LogP contribution in [0.2, 0.25) is 0 Å². The highest BCUT2D eigenvalue weighted by atomic mass is 32.1. The molecule has 1 aliphatic carbocycles. The van der Waals surface area contributed by atoms with Gasteiger partial charge in [0.2, 0.25) is 0 Å². The second kappa shape index (κ2) is 5.11. The molecular weight excluding hydrogens is 240 g/mol. The Morgan fingerprint density at radius 1 is 1.28 bits per heavy atom. The van der Waals surface area contributed by atoms with Gasteiger partial charge in [-0.25, -0.2) is 0 Å². The number of anilines is 1. The predicted molar refractivity (Wildman–Crippen MR) is 77.2 cm³/mol. The Morgan fingerprint density at radius 3 is 3.00 bits per heavy atom. The Labute approximate surface area is 112 Å². The molecule has 0 amide bonds. The number of aromatic nitrogens is 1. The minimum atomic E-state index is 0.339. The fraction of sp³-hybridized carbons (Fsp3) is 0.400. The quantitative estimate of drug-likeness (QED) is 0.892. The second-order valence-corrected chi connectivity index (χ2v) is 5.84. The van der Waals surface area contributed by atoms with Gasteiger partial charge in [0.1, 0.15) is 0 Å². The van der Waals surface area contributed by atoms with Gasteiger partial charge >= 0.3 is 0 Å². The second-order valence-electron chi connectivity index (χ2n) is 4.92. The number of aryl methyl sites for hydroxylation is 1. The van der Waals surface area contributed by atoms with E-state index in [1.807, 2.05) is 11.7 Å². The molecule has 0 saturated heterocycles. The lowest BCUT2D eigenvalue weighted by molar-refractivity contribution is 0.685. The largest absolute Gasteiger partial charge is 0.377 e. The standard InChI is InChI=1S/C15H18N2S/c1-11(15-9-16-10-18-15)17-14-8-4-6-12-5-2-3-7-13(12)14/h4,6,8-11,17H,2-3,5,7H2,1H3. The third-order valence-corrected chi connectivity index (χ3v) is 4.60. The van der Waals surface area contributed by atoms with Crippen molar-refractivity contribution < 1.29 is 0 Å². The summed E-state index contributed by atoms with van der Waals surface area (Å²) in [5, 5.41) is 3.64. The minimum Gasteiger partial charge on any atom is -0.377 e. The molecule has 0 spiro atoms. The van der Waals surface area contributed by atoms with Crippen LogP contribution in [0.15, 0.2) is 29.9 Å². The van der Waals surface area contributed by atoms with Gasteiger partial charge in [-0.05, 0) is 49.8 Å². The lowest BCUT2D eigenvalue weighted by Crippen LogP contribution is -2.11. The zero-order chi connectivity index (χ0) is 12.4. The average Bonchev–Trinajstić information content (AvgIpc) is 2.93. The summed E-state index contributed by atoms with van der Waals surface area (Å²) in [4.78, 5) is 5.45. The Hall–Kier alpha value is -1.35. The molecule has 1 atom stereocenters. The summed E-state index contributed by atoms with van der Waals surface area (Å²) in [6.07, 6.45) is 7.06. The van der Waals surface area contributed by atoms with Crippen LogP contribution in [0.25, 0.3) is 0 Å². The van der Waals surface area contributed by atoms with Gasteiger partial charge in [-0.1, -0.05) is 12.1 Å². The van der Waals surface area contributed by atoms with Crippen LogP contribution < -0.4 is 5.32 Å². The van der Waals surface area contributed by atoms with Crippen LogP contribution in [-0.2, 0) is 12.8 Å². The molecule has 0 bridgehead atoms. The summed E-state index contributed by atoms with van der Waals surface area (Å²) in [7, 11) is 0. The van der Waals surface area contributed by atoms with Gasteiger partial charge in [0, 0.05) is 16.8 Å². The highest BCUT2D eigenvalue weighted by Gasteiger charge is 2.15. The number of nitrogens with one attached hydrogen (secondary N) is 1. The number of benzene rings is 1. The van der Waals surface area contributed by atoms with Gasteiger partial charge in [0.15, 0.2) is 0 Å². The number of hydrogen-bond acceptors (Lipinski definition) is 3. The van der Waals surface area contributed by atoms with Crippen molar-refractivity contribution in [3.63, 3.8) is 0 Å². The third-order valence-electron chi connectivity index (χ3n) is 3.65. The average molecular weight is 258 g/mol. The normalized spacial score (nSPS) is 16.1. The smallest absolute Gasteiger partial charge is 0.0795 e. The number of hydrogen-bond donors (Lipinski definition) is 1. The summed E-state index contributed by atoms with van der Waals surface area (Å²) >= 11 is 1.71. The first kappa shape index (κ1) is 11.7. The SMILES string of the molecule is CC(Nc1cccc2c1CCCC2)c1cncs1. The maximum Gasteiger partial charge on any atom is 0.0795 e. The van der Waals surface area contributed by atoms with Gasteiger partial charge in [0.25, 0.3) is 0 Å². The van der Waals surface area contributed by atoms with Gasteiger partial charge in [0.05, 0.1) is 11.6 Å². The zero-order valence-electron chi connectivity index (χ0n) is 10.6. The molecule has 18 heavy (non-hydrogen) atoms. The van der Waals surface area contributed by atoms with Crippen molar-refractivity contribution in [1.29, 1.82) is 0 Å². The number of nitrogens with zero attached hydrogens (tertiary/aromatic N) is 1. The predicted octanol–water partition coefficient (Wildman–Crippen LogP) is 4.20. The first-order valence-electron chi connectivity index (χ1n) is 6.60. The van der Waals surface area contributed by atoms with E-state index in [1.54, 1.807) is 11.3 Å². The Balaban J connectivity index is 1.84. The number of thiazole rings is 1. The van der Waals surface area contributed by atoms with Crippen LogP contribution in [0.3, 0.4) is 0 Å². The Morgan fingerprint density at radius 2 is 2.17 bits per heavy atom. The maximum absolute atomic E-state index is 4.15. The highest BCUT2D eigenvalue weighted by Crippen LogP contribution is 2.30. The molecule has 1 heterocycles. The van der Waals surface area contributed by atoms with E-state index in [0.717, 1.165) is 0 Å². The van der Waals surface area contributed by atoms with E-state index in [9.17, 15) is 0 Å². The molecular formula is C15H18N2S. The van der Waals surface area contributed by atoms with Crippen LogP contribution in [0.4, 0.5) is 5.69 Å². The van der Waals surface area contributed by atoms with E-state index >= 15 is 0 Å². The van der Waals surface area contributed by atoms with Crippen molar-refractivity contribution in [3.05, 3.63) is 45.9 Å². The lowest BCUT2D eigenvalue weighted by Gasteiger charge is -2.22. The number of rotatable bonds is 3. The molecule has 1 aromatic heterocycles. The van der Waals surface area contributed by atoms with Crippen molar-refractivity contribution in [2.45, 2.75) is 38.6 Å². The monoisotopic (exact) mass is 258 g/mol. The molecule has 0 fully saturated rings. The number of fused-ring (bicyclic) bond motifs is 1.